The first-order valence-corrected chi connectivity index (χ1v) is 8.75. The second-order valence-corrected chi connectivity index (χ2v) is 6.71. The van der Waals surface area contributed by atoms with Crippen molar-refractivity contribution in [1.82, 2.24) is 24.8 Å². The van der Waals surface area contributed by atoms with Gasteiger partial charge in [0.2, 0.25) is 5.91 Å². The van der Waals surface area contributed by atoms with Crippen molar-refractivity contribution in [1.29, 1.82) is 0 Å². The normalized spacial score (nSPS) is 24.9. The smallest absolute Gasteiger partial charge is 0.237 e. The van der Waals surface area contributed by atoms with Crippen molar-refractivity contribution in [3.8, 4) is 0 Å². The number of azide groups is 1. The van der Waals surface area contributed by atoms with Gasteiger partial charge in [0.15, 0.2) is 23.2 Å². The number of imidazole rings is 1. The maximum Gasteiger partial charge on any atom is 0.237 e. The summed E-state index contributed by atoms with van der Waals surface area (Å²) in [6, 6.07) is -2.04. The van der Waals surface area contributed by atoms with Crippen LogP contribution in [0.3, 0.4) is 0 Å². The third-order valence-electron chi connectivity index (χ3n) is 4.58. The van der Waals surface area contributed by atoms with Crippen LogP contribution in [-0.4, -0.2) is 87.2 Å². The zero-order chi connectivity index (χ0) is 21.1. The highest BCUT2D eigenvalue weighted by Gasteiger charge is 2.46. The van der Waals surface area contributed by atoms with Crippen molar-refractivity contribution < 1.29 is 19.7 Å². The first-order chi connectivity index (χ1) is 13.9. The summed E-state index contributed by atoms with van der Waals surface area (Å²) in [6.45, 7) is -0.690. The van der Waals surface area contributed by atoms with Crippen LogP contribution < -0.4 is 16.0 Å². The van der Waals surface area contributed by atoms with E-state index in [-0.39, 0.29) is 6.54 Å². The van der Waals surface area contributed by atoms with Gasteiger partial charge in [-0.25, -0.2) is 15.0 Å². The van der Waals surface area contributed by atoms with Crippen molar-refractivity contribution >= 4 is 22.9 Å². The van der Waals surface area contributed by atoms with Crippen LogP contribution in [0.4, 0.5) is 5.82 Å². The minimum Gasteiger partial charge on any atom is -0.394 e. The molecule has 14 heteroatoms. The van der Waals surface area contributed by atoms with Crippen molar-refractivity contribution in [2.24, 2.45) is 10.8 Å². The van der Waals surface area contributed by atoms with E-state index < -0.39 is 43.0 Å². The number of aliphatic hydroxyl groups excluding tert-OH is 2. The van der Waals surface area contributed by atoms with Gasteiger partial charge < -0.3 is 30.9 Å². The van der Waals surface area contributed by atoms with Gasteiger partial charge in [0.1, 0.15) is 18.5 Å². The highest BCUT2D eigenvalue weighted by molar-refractivity contribution is 5.83. The molecule has 0 bridgehead atoms. The van der Waals surface area contributed by atoms with Gasteiger partial charge in [0.05, 0.1) is 25.0 Å². The minimum absolute atomic E-state index is 0.240. The van der Waals surface area contributed by atoms with E-state index in [1.54, 1.807) is 4.90 Å². The summed E-state index contributed by atoms with van der Waals surface area (Å²) in [5.74, 6) is -0.0503. The number of fused-ring (bicyclic) bond motifs is 1. The SMILES string of the molecule is CN(C)c1ncnc2c1ncn2C1OC(CO)C(NC(=O)C(N)CN=[N+]=[N-])C1O. The van der Waals surface area contributed by atoms with E-state index in [1.807, 2.05) is 14.1 Å². The molecule has 5 unspecified atom stereocenters. The Morgan fingerprint density at radius 2 is 2.28 bits per heavy atom. The molecular formula is C15H22N10O4. The Morgan fingerprint density at radius 3 is 2.93 bits per heavy atom. The van der Waals surface area contributed by atoms with Gasteiger partial charge in [-0.15, -0.1) is 0 Å². The van der Waals surface area contributed by atoms with E-state index in [4.69, 9.17) is 16.0 Å². The maximum absolute atomic E-state index is 12.2. The van der Waals surface area contributed by atoms with Gasteiger partial charge in [0.25, 0.3) is 0 Å². The van der Waals surface area contributed by atoms with Crippen LogP contribution >= 0.6 is 0 Å². The van der Waals surface area contributed by atoms with Crippen LogP contribution in [0, 0.1) is 0 Å². The lowest BCUT2D eigenvalue weighted by atomic mass is 10.1. The van der Waals surface area contributed by atoms with Crippen LogP contribution in [0.15, 0.2) is 17.8 Å². The van der Waals surface area contributed by atoms with Crippen molar-refractivity contribution in [3.63, 3.8) is 0 Å². The predicted molar refractivity (Wildman–Crippen MR) is 101 cm³/mol. The number of nitrogens with two attached hydrogens (primary N) is 1. The molecule has 3 rings (SSSR count). The molecule has 2 aromatic rings. The Kier molecular flexibility index (Phi) is 6.10. The molecule has 1 fully saturated rings. The average Bonchev–Trinajstić information content (AvgIpc) is 3.27. The number of ether oxygens (including phenoxy) is 1. The number of carbonyl (C=O) groups is 1. The number of amides is 1. The van der Waals surface area contributed by atoms with E-state index in [0.717, 1.165) is 0 Å². The van der Waals surface area contributed by atoms with E-state index >= 15 is 0 Å². The number of nitrogens with zero attached hydrogens (tertiary/aromatic N) is 8. The average molecular weight is 406 g/mol. The second-order valence-electron chi connectivity index (χ2n) is 6.71. The molecule has 1 aliphatic rings. The zero-order valence-corrected chi connectivity index (χ0v) is 15.8. The first-order valence-electron chi connectivity index (χ1n) is 8.75. The lowest BCUT2D eigenvalue weighted by molar-refractivity contribution is -0.123. The summed E-state index contributed by atoms with van der Waals surface area (Å²) in [5, 5.41) is 26.3. The van der Waals surface area contributed by atoms with E-state index in [1.165, 1.54) is 17.2 Å². The van der Waals surface area contributed by atoms with Crippen LogP contribution in [-0.2, 0) is 9.53 Å². The van der Waals surface area contributed by atoms with Gasteiger partial charge in [-0.05, 0) is 5.53 Å². The second kappa shape index (κ2) is 8.55. The van der Waals surface area contributed by atoms with Gasteiger partial charge in [-0.3, -0.25) is 9.36 Å². The van der Waals surface area contributed by atoms with Crippen molar-refractivity contribution in [3.05, 3.63) is 23.1 Å². The van der Waals surface area contributed by atoms with Crippen LogP contribution in [0.5, 0.6) is 0 Å². The number of aliphatic hydroxyl groups is 2. The number of rotatable bonds is 7. The van der Waals surface area contributed by atoms with Crippen LogP contribution in [0.2, 0.25) is 0 Å². The molecule has 1 amide bonds. The molecular weight excluding hydrogens is 384 g/mol. The summed E-state index contributed by atoms with van der Waals surface area (Å²) < 4.78 is 7.28. The summed E-state index contributed by atoms with van der Waals surface area (Å²) in [4.78, 5) is 29.3. The lowest BCUT2D eigenvalue weighted by Gasteiger charge is -2.22. The molecule has 0 radical (unpaired) electrons. The third-order valence-corrected chi connectivity index (χ3v) is 4.58. The Hall–Kier alpha value is -3.03. The van der Waals surface area contributed by atoms with E-state index in [9.17, 15) is 15.0 Å². The molecule has 1 saturated heterocycles. The number of anilines is 1. The van der Waals surface area contributed by atoms with Crippen molar-refractivity contribution in [2.75, 3.05) is 32.1 Å². The molecule has 0 aromatic carbocycles. The lowest BCUT2D eigenvalue weighted by Crippen LogP contribution is -2.53. The highest BCUT2D eigenvalue weighted by Crippen LogP contribution is 2.32. The van der Waals surface area contributed by atoms with E-state index in [2.05, 4.69) is 30.3 Å². The Labute approximate surface area is 164 Å². The predicted octanol–water partition coefficient (Wildman–Crippen LogP) is -1.73. The molecule has 0 aliphatic carbocycles. The van der Waals surface area contributed by atoms with Crippen LogP contribution in [0.25, 0.3) is 21.6 Å². The molecule has 156 valence electrons. The number of nitrogens with one attached hydrogen (secondary N) is 1. The molecule has 3 heterocycles. The summed E-state index contributed by atoms with van der Waals surface area (Å²) in [5.41, 5.74) is 14.9. The Balaban J connectivity index is 1.85. The molecule has 5 atom stereocenters. The quantitative estimate of drug-likeness (QED) is 0.234. The fraction of sp³-hybridized carbons (Fsp3) is 0.600. The highest BCUT2D eigenvalue weighted by atomic mass is 16.5. The maximum atomic E-state index is 12.2. The van der Waals surface area contributed by atoms with Crippen molar-refractivity contribution in [2.45, 2.75) is 30.5 Å². The molecule has 1 aliphatic heterocycles. The van der Waals surface area contributed by atoms with Crippen LogP contribution in [0.1, 0.15) is 6.23 Å². The van der Waals surface area contributed by atoms with E-state index in [0.29, 0.717) is 17.0 Å². The topological polar surface area (TPSA) is 200 Å². The number of hydrogen-bond acceptors (Lipinski definition) is 10. The standard InChI is InChI=1S/C15H22N10O4/c1-24(2)12-10-13(19-5-18-12)25(6-20-10)15-11(27)9(8(4-26)29-15)22-14(28)7(16)3-21-23-17/h5-9,11,15,26-27H,3-4,16H2,1-2H3,(H,22,28). The molecule has 29 heavy (non-hydrogen) atoms. The monoisotopic (exact) mass is 406 g/mol. The number of aromatic nitrogens is 4. The fourth-order valence-electron chi connectivity index (χ4n) is 3.14. The third kappa shape index (κ3) is 3.92. The summed E-state index contributed by atoms with van der Waals surface area (Å²) >= 11 is 0. The minimum atomic E-state index is -1.22. The van der Waals surface area contributed by atoms with Gasteiger partial charge in [-0.1, -0.05) is 5.11 Å². The molecule has 2 aromatic heterocycles. The van der Waals surface area contributed by atoms with Gasteiger partial charge >= 0.3 is 0 Å². The first kappa shape index (κ1) is 20.7. The Morgan fingerprint density at radius 1 is 1.52 bits per heavy atom. The number of carbonyl (C=O) groups excluding carboxylic acids is 1. The fourth-order valence-corrected chi connectivity index (χ4v) is 3.14. The largest absolute Gasteiger partial charge is 0.394 e. The summed E-state index contributed by atoms with van der Waals surface area (Å²) in [6.07, 6.45) is -0.252. The molecule has 0 spiro atoms. The zero-order valence-electron chi connectivity index (χ0n) is 15.8. The Bertz CT molecular complexity index is 927. The van der Waals surface area contributed by atoms with Gasteiger partial charge in [-0.2, -0.15) is 0 Å². The molecule has 5 N–H and O–H groups in total. The van der Waals surface area contributed by atoms with Gasteiger partial charge in [0, 0.05) is 25.6 Å². The molecule has 0 saturated carbocycles. The summed E-state index contributed by atoms with van der Waals surface area (Å²) in [7, 11) is 3.63. The number of hydrogen-bond donors (Lipinski definition) is 4. The molecule has 14 nitrogen and oxygen atoms in total.